The van der Waals surface area contributed by atoms with Crippen LogP contribution >= 0.6 is 0 Å². The molecule has 18 heteroatoms. The van der Waals surface area contributed by atoms with Gasteiger partial charge in [0.15, 0.2) is 6.10 Å². The van der Waals surface area contributed by atoms with Gasteiger partial charge in [-0.2, -0.15) is 4.73 Å². The number of allylic oxidation sites excluding steroid dienone is 1. The molecule has 0 bridgehead atoms. The van der Waals surface area contributed by atoms with Crippen molar-refractivity contribution in [1.82, 2.24) is 35.4 Å². The van der Waals surface area contributed by atoms with Crippen LogP contribution in [0.3, 0.4) is 0 Å². The number of para-hydroxylation sites is 1. The second-order valence-corrected chi connectivity index (χ2v) is 21.3. The minimum atomic E-state index is -1.49. The van der Waals surface area contributed by atoms with Gasteiger partial charge in [-0.1, -0.05) is 118 Å². The van der Waals surface area contributed by atoms with Crippen molar-refractivity contribution in [2.75, 3.05) is 35.4 Å². The zero-order chi connectivity index (χ0) is 55.4. The molecule has 0 aliphatic carbocycles. The smallest absolute Gasteiger partial charge is 0.330 e. The molecule has 0 spiro atoms. The lowest BCUT2D eigenvalue weighted by molar-refractivity contribution is -0.163. The molecule has 414 valence electrons. The van der Waals surface area contributed by atoms with E-state index in [1.807, 2.05) is 65.8 Å². The van der Waals surface area contributed by atoms with Crippen LogP contribution in [-0.4, -0.2) is 145 Å². The lowest BCUT2D eigenvalue weighted by Crippen LogP contribution is -2.60. The summed E-state index contributed by atoms with van der Waals surface area (Å²) in [6, 6.07) is 0.412. The Morgan fingerprint density at radius 1 is 0.689 bits per heavy atom. The quantitative estimate of drug-likeness (QED) is 0.0952. The van der Waals surface area contributed by atoms with Crippen LogP contribution in [0.25, 0.3) is 10.9 Å². The van der Waals surface area contributed by atoms with Gasteiger partial charge in [-0.25, -0.2) is 9.59 Å². The van der Waals surface area contributed by atoms with Gasteiger partial charge >= 0.3 is 11.9 Å². The summed E-state index contributed by atoms with van der Waals surface area (Å²) in [6.07, 6.45) is 8.77. The Balaban J connectivity index is 2.34. The van der Waals surface area contributed by atoms with E-state index in [2.05, 4.69) is 29.8 Å². The fourth-order valence-electron chi connectivity index (χ4n) is 9.49. The number of likely N-dealkylation sites (N-methyl/N-ethyl adjacent to an activating group) is 3. The Morgan fingerprint density at radius 3 is 1.72 bits per heavy atom. The molecule has 0 unspecified atom stereocenters. The number of amides is 6. The molecule has 0 radical (unpaired) electrons. The van der Waals surface area contributed by atoms with Gasteiger partial charge in [0.05, 0.1) is 12.6 Å². The van der Waals surface area contributed by atoms with Crippen LogP contribution in [0, 0.1) is 23.7 Å². The van der Waals surface area contributed by atoms with E-state index in [0.717, 1.165) is 49.4 Å². The lowest BCUT2D eigenvalue weighted by Gasteiger charge is -2.35. The maximum atomic E-state index is 15.2. The molecule has 9 atom stereocenters. The zero-order valence-corrected chi connectivity index (χ0v) is 46.9. The molecular formula is C56H89N7O11. The number of hydrogen-bond donors (Lipinski definition) is 3. The van der Waals surface area contributed by atoms with Gasteiger partial charge in [-0.15, -0.1) is 0 Å². The number of rotatable bonds is 21. The Morgan fingerprint density at radius 2 is 1.19 bits per heavy atom. The molecular weight excluding hydrogens is 947 g/mol. The number of methoxy groups -OCH3 is 1. The summed E-state index contributed by atoms with van der Waals surface area (Å²) >= 11 is 0. The molecule has 1 aromatic carbocycles. The van der Waals surface area contributed by atoms with E-state index in [4.69, 9.17) is 14.3 Å². The number of esters is 2. The third-order valence-electron chi connectivity index (χ3n) is 14.1. The summed E-state index contributed by atoms with van der Waals surface area (Å²) in [5.41, 5.74) is 1.41. The predicted octanol–water partition coefficient (Wildman–Crippen LogP) is 6.16. The summed E-state index contributed by atoms with van der Waals surface area (Å²) in [7, 11) is 7.20. The van der Waals surface area contributed by atoms with Crippen molar-refractivity contribution < 1.29 is 52.7 Å². The highest BCUT2D eigenvalue weighted by molar-refractivity contribution is 5.98. The average Bonchev–Trinajstić information content (AvgIpc) is 3.73. The van der Waals surface area contributed by atoms with E-state index in [0.29, 0.717) is 5.56 Å². The van der Waals surface area contributed by atoms with E-state index in [1.54, 1.807) is 10.9 Å². The summed E-state index contributed by atoms with van der Waals surface area (Å²) in [5.74, 6) is -5.58. The molecule has 3 N–H and O–H groups in total. The number of nitrogens with zero attached hydrogens (tertiary/aromatic N) is 4. The Hall–Kier alpha value is -5.94. The summed E-state index contributed by atoms with van der Waals surface area (Å²) in [4.78, 5) is 125. The number of carbonyl (C=O) groups excluding carboxylic acids is 8. The Kier molecular flexibility index (Phi) is 25.6. The van der Waals surface area contributed by atoms with E-state index < -0.39 is 89.7 Å². The van der Waals surface area contributed by atoms with Crippen molar-refractivity contribution >= 4 is 58.3 Å². The van der Waals surface area contributed by atoms with E-state index in [9.17, 15) is 28.8 Å². The van der Waals surface area contributed by atoms with Crippen LogP contribution in [0.5, 0.6) is 0 Å². The van der Waals surface area contributed by atoms with Gasteiger partial charge < -0.3 is 45.0 Å². The van der Waals surface area contributed by atoms with Crippen LogP contribution in [0.4, 0.5) is 0 Å². The summed E-state index contributed by atoms with van der Waals surface area (Å²) < 4.78 is 12.3. The number of cyclic esters (lactones) is 1. The molecule has 1 aliphatic rings. The molecule has 1 aliphatic heterocycles. The van der Waals surface area contributed by atoms with Crippen molar-refractivity contribution in [3.05, 3.63) is 48.2 Å². The Labute approximate surface area is 440 Å². The molecule has 6 amide bonds. The molecule has 18 nitrogen and oxygen atoms in total. The Bertz CT molecular complexity index is 2220. The first-order valence-electron chi connectivity index (χ1n) is 26.8. The summed E-state index contributed by atoms with van der Waals surface area (Å²) in [5, 5.41) is 9.66. The molecule has 0 saturated carbocycles. The second kappa shape index (κ2) is 30.4. The van der Waals surface area contributed by atoms with Crippen molar-refractivity contribution in [2.45, 2.75) is 188 Å². The third kappa shape index (κ3) is 18.2. The molecule has 74 heavy (non-hydrogen) atoms. The van der Waals surface area contributed by atoms with Crippen molar-refractivity contribution in [2.24, 2.45) is 23.7 Å². The number of carbonyl (C=O) groups is 8. The first-order chi connectivity index (χ1) is 35.0. The first-order valence-corrected chi connectivity index (χ1v) is 26.8. The maximum Gasteiger partial charge on any atom is 0.330 e. The van der Waals surface area contributed by atoms with Crippen LogP contribution < -0.4 is 20.8 Å². The fraction of sp³-hybridized carbons (Fsp3) is 0.679. The molecule has 1 aromatic heterocycles. The minimum absolute atomic E-state index is 0.0132. The highest BCUT2D eigenvalue weighted by Gasteiger charge is 2.41. The molecule has 3 rings (SSSR count). The van der Waals surface area contributed by atoms with Crippen LogP contribution in [0.15, 0.2) is 42.6 Å². The van der Waals surface area contributed by atoms with Crippen LogP contribution in [0.2, 0.25) is 0 Å². The lowest BCUT2D eigenvalue weighted by atomic mass is 9.94. The number of aromatic nitrogens is 1. The van der Waals surface area contributed by atoms with Crippen molar-refractivity contribution in [1.29, 1.82) is 0 Å². The highest BCUT2D eigenvalue weighted by atomic mass is 16.6. The standard InChI is InChI=1S/C56H89N7O11/c1-15-17-23-37(7)31-43-53(68)60(10)39(9)56(71)74-48(27-21-22-28-49(64)72-13)52(67)59-44(32-38(8)24-18-16-2)55(70)61(11)46(30-36(5)6)50(65)57-42(29-35(3)4)54(69)62(12)47(51(66)58-43)33-40-34-63(73-14)45-26-20-19-25-41(40)45/h19-20,22,25-26,28,34-39,42-44,46-48H,15-18,21,23-24,27,29-33H2,1-14H3,(H,57,65)(H,58,66)(H,59,67)/t37-,38-,39+,42+,43+,44+,46+,47+,48-/m1/s1. The number of fused-ring (bicyclic) bond motifs is 1. The highest BCUT2D eigenvalue weighted by Crippen LogP contribution is 2.26. The number of benzene rings is 1. The van der Waals surface area contributed by atoms with E-state index in [-0.39, 0.29) is 68.6 Å². The number of unbranched alkanes of at least 4 members (excludes halogenated alkanes) is 2. The topological polar surface area (TPSA) is 215 Å². The van der Waals surface area contributed by atoms with Gasteiger partial charge in [-0.3, -0.25) is 28.8 Å². The van der Waals surface area contributed by atoms with Crippen LogP contribution in [-0.2, 0) is 54.3 Å². The number of ether oxygens (including phenoxy) is 2. The monoisotopic (exact) mass is 1040 g/mol. The van der Waals surface area contributed by atoms with Gasteiger partial charge in [0.25, 0.3) is 5.91 Å². The van der Waals surface area contributed by atoms with Gasteiger partial charge in [0.1, 0.15) is 43.4 Å². The third-order valence-corrected chi connectivity index (χ3v) is 14.1. The van der Waals surface area contributed by atoms with Crippen molar-refractivity contribution in [3.8, 4) is 0 Å². The van der Waals surface area contributed by atoms with Gasteiger partial charge in [0, 0.05) is 45.2 Å². The predicted molar refractivity (Wildman–Crippen MR) is 285 cm³/mol. The average molecular weight is 1040 g/mol. The fourth-order valence-corrected chi connectivity index (χ4v) is 9.49. The molecule has 2 aromatic rings. The van der Waals surface area contributed by atoms with Crippen LogP contribution in [0.1, 0.15) is 145 Å². The van der Waals surface area contributed by atoms with Gasteiger partial charge in [-0.05, 0) is 80.8 Å². The molecule has 2 heterocycles. The SMILES string of the molecule is CCCC[C@@H](C)C[C@@H]1NC(=O)[C@H](Cc2cn(OC)c3ccccc23)N(C)C(=O)[C@H](CC(C)C)NC(=O)[C@H](CC(C)C)N(C)C(=O)[C@H](C[C@H](C)CCCC)NC(=O)[C@@H](CCC=CC(=O)OC)OC(=O)[C@H](C)N(C)C1=O. The number of hydrogen-bond acceptors (Lipinski definition) is 11. The first kappa shape index (κ1) is 62.4. The zero-order valence-electron chi connectivity index (χ0n) is 46.9. The summed E-state index contributed by atoms with van der Waals surface area (Å²) in [6.45, 7) is 17.2. The molecule has 1 fully saturated rings. The maximum absolute atomic E-state index is 15.2. The van der Waals surface area contributed by atoms with E-state index in [1.165, 1.54) is 69.1 Å². The normalized spacial score (nSPS) is 23.4. The number of nitrogens with one attached hydrogen (secondary N) is 3. The van der Waals surface area contributed by atoms with E-state index >= 15 is 9.59 Å². The largest absolute Gasteiger partial charge is 0.466 e. The van der Waals surface area contributed by atoms with Crippen molar-refractivity contribution in [3.63, 3.8) is 0 Å². The minimum Gasteiger partial charge on any atom is -0.466 e. The second-order valence-electron chi connectivity index (χ2n) is 21.3. The van der Waals surface area contributed by atoms with Gasteiger partial charge in [0.2, 0.25) is 29.5 Å². The molecule has 1 saturated heterocycles.